The highest BCUT2D eigenvalue weighted by atomic mass is 16.4. The lowest BCUT2D eigenvalue weighted by atomic mass is 9.89. The van der Waals surface area contributed by atoms with Gasteiger partial charge in [0.2, 0.25) is 0 Å². The molecule has 1 atom stereocenters. The first kappa shape index (κ1) is 11.9. The molecular formula is C13H18N2O2. The van der Waals surface area contributed by atoms with E-state index in [2.05, 4.69) is 18.8 Å². The van der Waals surface area contributed by atoms with E-state index in [-0.39, 0.29) is 6.04 Å². The summed E-state index contributed by atoms with van der Waals surface area (Å²) in [5.41, 5.74) is 8.55. The van der Waals surface area contributed by atoms with E-state index in [0.717, 1.165) is 23.9 Å². The predicted octanol–water partition coefficient (Wildman–Crippen LogP) is 2.56. The van der Waals surface area contributed by atoms with E-state index in [1.807, 2.05) is 18.2 Å². The molecule has 17 heavy (non-hydrogen) atoms. The van der Waals surface area contributed by atoms with Crippen LogP contribution in [0.2, 0.25) is 0 Å². The standard InChI is InChI=1S/C13H18N2O2/c1-3-8(4-2)12(14)9-5-6-10-11(7-9)17-13(16)15-10/h5-8,12H,3-4,14H2,1-2H3,(H,15,16). The Kier molecular flexibility index (Phi) is 3.33. The highest BCUT2D eigenvalue weighted by Gasteiger charge is 2.16. The molecule has 92 valence electrons. The van der Waals surface area contributed by atoms with Crippen molar-refractivity contribution in [3.8, 4) is 0 Å². The molecule has 1 heterocycles. The lowest BCUT2D eigenvalue weighted by molar-refractivity contribution is 0.405. The second-order valence-electron chi connectivity index (χ2n) is 4.37. The predicted molar refractivity (Wildman–Crippen MR) is 67.8 cm³/mol. The summed E-state index contributed by atoms with van der Waals surface area (Å²) in [6, 6.07) is 5.65. The third-order valence-corrected chi connectivity index (χ3v) is 3.39. The van der Waals surface area contributed by atoms with Crippen LogP contribution in [0.1, 0.15) is 38.3 Å². The molecule has 0 amide bonds. The minimum absolute atomic E-state index is 0.00500. The van der Waals surface area contributed by atoms with Crippen LogP contribution in [0.15, 0.2) is 27.4 Å². The number of hydrogen-bond acceptors (Lipinski definition) is 3. The van der Waals surface area contributed by atoms with E-state index in [1.165, 1.54) is 0 Å². The van der Waals surface area contributed by atoms with Crippen LogP contribution in [-0.4, -0.2) is 4.98 Å². The molecule has 4 nitrogen and oxygen atoms in total. The van der Waals surface area contributed by atoms with Gasteiger partial charge in [-0.25, -0.2) is 4.79 Å². The molecule has 0 radical (unpaired) electrons. The fraction of sp³-hybridized carbons (Fsp3) is 0.462. The van der Waals surface area contributed by atoms with E-state index < -0.39 is 5.76 Å². The van der Waals surface area contributed by atoms with Gasteiger partial charge in [0.05, 0.1) is 5.52 Å². The highest BCUT2D eigenvalue weighted by Crippen LogP contribution is 2.26. The fourth-order valence-corrected chi connectivity index (χ4v) is 2.24. The van der Waals surface area contributed by atoms with Crippen molar-refractivity contribution < 1.29 is 4.42 Å². The van der Waals surface area contributed by atoms with Crippen LogP contribution in [0.3, 0.4) is 0 Å². The smallest absolute Gasteiger partial charge is 0.408 e. The molecule has 2 rings (SSSR count). The van der Waals surface area contributed by atoms with Crippen LogP contribution in [0.25, 0.3) is 11.1 Å². The molecule has 1 aromatic heterocycles. The van der Waals surface area contributed by atoms with E-state index >= 15 is 0 Å². The van der Waals surface area contributed by atoms with Crippen molar-refractivity contribution in [2.24, 2.45) is 11.7 Å². The maximum absolute atomic E-state index is 11.1. The van der Waals surface area contributed by atoms with Crippen molar-refractivity contribution in [3.05, 3.63) is 34.3 Å². The van der Waals surface area contributed by atoms with Gasteiger partial charge in [0.25, 0.3) is 0 Å². The Morgan fingerprint density at radius 2 is 2.06 bits per heavy atom. The monoisotopic (exact) mass is 234 g/mol. The molecule has 0 fully saturated rings. The Balaban J connectivity index is 2.38. The molecular weight excluding hydrogens is 216 g/mol. The third kappa shape index (κ3) is 2.26. The maximum atomic E-state index is 11.1. The number of aromatic amines is 1. The summed E-state index contributed by atoms with van der Waals surface area (Å²) in [5.74, 6) is 0.0337. The third-order valence-electron chi connectivity index (χ3n) is 3.39. The van der Waals surface area contributed by atoms with Crippen LogP contribution < -0.4 is 11.5 Å². The quantitative estimate of drug-likeness (QED) is 0.854. The number of benzene rings is 1. The van der Waals surface area contributed by atoms with Crippen molar-refractivity contribution in [2.75, 3.05) is 0 Å². The van der Waals surface area contributed by atoms with Gasteiger partial charge in [0, 0.05) is 6.04 Å². The average molecular weight is 234 g/mol. The lowest BCUT2D eigenvalue weighted by Crippen LogP contribution is -2.20. The Hall–Kier alpha value is -1.55. The summed E-state index contributed by atoms with van der Waals surface area (Å²) < 4.78 is 5.04. The molecule has 0 aliphatic carbocycles. The molecule has 0 aliphatic heterocycles. The first-order chi connectivity index (χ1) is 8.15. The van der Waals surface area contributed by atoms with Crippen molar-refractivity contribution in [1.82, 2.24) is 4.98 Å². The molecule has 2 aromatic rings. The Labute approximate surface area is 99.8 Å². The van der Waals surface area contributed by atoms with Gasteiger partial charge in [-0.3, -0.25) is 4.98 Å². The highest BCUT2D eigenvalue weighted by molar-refractivity contribution is 5.72. The first-order valence-electron chi connectivity index (χ1n) is 6.04. The largest absolute Gasteiger partial charge is 0.417 e. The van der Waals surface area contributed by atoms with E-state index in [1.54, 1.807) is 0 Å². The lowest BCUT2D eigenvalue weighted by Gasteiger charge is -2.21. The Bertz CT molecular complexity index is 552. The maximum Gasteiger partial charge on any atom is 0.417 e. The number of nitrogens with two attached hydrogens (primary N) is 1. The number of rotatable bonds is 4. The minimum Gasteiger partial charge on any atom is -0.408 e. The zero-order valence-electron chi connectivity index (χ0n) is 10.2. The van der Waals surface area contributed by atoms with Gasteiger partial charge >= 0.3 is 5.76 Å². The summed E-state index contributed by atoms with van der Waals surface area (Å²) in [5, 5.41) is 0. The van der Waals surface area contributed by atoms with Gasteiger partial charge in [-0.1, -0.05) is 32.8 Å². The van der Waals surface area contributed by atoms with Crippen LogP contribution in [-0.2, 0) is 0 Å². The van der Waals surface area contributed by atoms with Crippen molar-refractivity contribution in [2.45, 2.75) is 32.7 Å². The van der Waals surface area contributed by atoms with E-state index in [4.69, 9.17) is 10.2 Å². The van der Waals surface area contributed by atoms with E-state index in [0.29, 0.717) is 11.5 Å². The zero-order chi connectivity index (χ0) is 12.4. The Morgan fingerprint density at radius 3 is 2.71 bits per heavy atom. The van der Waals surface area contributed by atoms with Crippen LogP contribution in [0.4, 0.5) is 0 Å². The summed E-state index contributed by atoms with van der Waals surface area (Å²) in [6.07, 6.45) is 2.10. The summed E-state index contributed by atoms with van der Waals surface area (Å²) in [7, 11) is 0. The van der Waals surface area contributed by atoms with Gasteiger partial charge < -0.3 is 10.2 Å². The Morgan fingerprint density at radius 1 is 1.35 bits per heavy atom. The second kappa shape index (κ2) is 4.75. The number of fused-ring (bicyclic) bond motifs is 1. The zero-order valence-corrected chi connectivity index (χ0v) is 10.2. The molecule has 0 saturated carbocycles. The molecule has 3 N–H and O–H groups in total. The summed E-state index contributed by atoms with van der Waals surface area (Å²) in [6.45, 7) is 4.28. The van der Waals surface area contributed by atoms with Gasteiger partial charge in [0.15, 0.2) is 5.58 Å². The van der Waals surface area contributed by atoms with E-state index in [9.17, 15) is 4.79 Å². The summed E-state index contributed by atoms with van der Waals surface area (Å²) in [4.78, 5) is 13.7. The van der Waals surface area contributed by atoms with Crippen LogP contribution in [0.5, 0.6) is 0 Å². The molecule has 0 saturated heterocycles. The number of H-pyrrole nitrogens is 1. The number of oxazole rings is 1. The molecule has 1 unspecified atom stereocenters. The average Bonchev–Trinajstić information content (AvgIpc) is 2.69. The fourth-order valence-electron chi connectivity index (χ4n) is 2.24. The normalized spacial score (nSPS) is 13.4. The van der Waals surface area contributed by atoms with Gasteiger partial charge in [-0.05, 0) is 23.6 Å². The molecule has 0 bridgehead atoms. The van der Waals surface area contributed by atoms with Crippen molar-refractivity contribution in [1.29, 1.82) is 0 Å². The van der Waals surface area contributed by atoms with Gasteiger partial charge in [-0.15, -0.1) is 0 Å². The number of aromatic nitrogens is 1. The molecule has 0 aliphatic rings. The van der Waals surface area contributed by atoms with Crippen molar-refractivity contribution >= 4 is 11.1 Å². The second-order valence-corrected chi connectivity index (χ2v) is 4.37. The molecule has 1 aromatic carbocycles. The topological polar surface area (TPSA) is 72.0 Å². The summed E-state index contributed by atoms with van der Waals surface area (Å²) >= 11 is 0. The van der Waals surface area contributed by atoms with Gasteiger partial charge in [0.1, 0.15) is 0 Å². The number of hydrogen-bond donors (Lipinski definition) is 2. The molecule has 4 heteroatoms. The van der Waals surface area contributed by atoms with Crippen LogP contribution in [0, 0.1) is 5.92 Å². The minimum atomic E-state index is -0.423. The van der Waals surface area contributed by atoms with Crippen LogP contribution >= 0.6 is 0 Å². The van der Waals surface area contributed by atoms with Gasteiger partial charge in [-0.2, -0.15) is 0 Å². The van der Waals surface area contributed by atoms with Crippen molar-refractivity contribution in [3.63, 3.8) is 0 Å². The first-order valence-corrected chi connectivity index (χ1v) is 6.04. The number of nitrogens with one attached hydrogen (secondary N) is 1. The molecule has 0 spiro atoms. The SMILES string of the molecule is CCC(CC)C(N)c1ccc2[nH]c(=O)oc2c1.